The molecule has 72 valence electrons. The number of carbonyl (C=O) groups is 1. The molecule has 0 aromatic heterocycles. The quantitative estimate of drug-likeness (QED) is 0.481. The smallest absolute Gasteiger partial charge is 0.326 e. The summed E-state index contributed by atoms with van der Waals surface area (Å²) in [6, 6.07) is 2.00. The van der Waals surface area contributed by atoms with Crippen molar-refractivity contribution in [1.29, 1.82) is 5.26 Å². The Labute approximate surface area is 79.0 Å². The van der Waals surface area contributed by atoms with Crippen molar-refractivity contribution in [1.82, 2.24) is 0 Å². The number of nitriles is 1. The lowest BCUT2D eigenvalue weighted by Crippen LogP contribution is -2.30. The van der Waals surface area contributed by atoms with Gasteiger partial charge in [-0.05, 0) is 19.8 Å². The van der Waals surface area contributed by atoms with Crippen LogP contribution in [0.5, 0.6) is 0 Å². The Morgan fingerprint density at radius 1 is 1.69 bits per heavy atom. The van der Waals surface area contributed by atoms with Crippen molar-refractivity contribution < 1.29 is 9.53 Å². The van der Waals surface area contributed by atoms with Crippen molar-refractivity contribution in [3.8, 4) is 6.07 Å². The summed E-state index contributed by atoms with van der Waals surface area (Å²) < 4.78 is 4.83. The van der Waals surface area contributed by atoms with Gasteiger partial charge in [-0.15, -0.1) is 6.58 Å². The third-order valence-corrected chi connectivity index (χ3v) is 1.98. The van der Waals surface area contributed by atoms with E-state index in [1.165, 1.54) is 0 Å². The maximum Gasteiger partial charge on any atom is 0.326 e. The third kappa shape index (κ3) is 2.59. The maximum atomic E-state index is 11.4. The van der Waals surface area contributed by atoms with Crippen LogP contribution < -0.4 is 0 Å². The van der Waals surface area contributed by atoms with E-state index in [1.54, 1.807) is 19.9 Å². The monoisotopic (exact) mass is 181 g/mol. The molecule has 0 aliphatic rings. The lowest BCUT2D eigenvalue weighted by Gasteiger charge is -2.20. The molecule has 0 fully saturated rings. The molecule has 0 saturated heterocycles. The molecular weight excluding hydrogens is 166 g/mol. The Morgan fingerprint density at radius 2 is 2.31 bits per heavy atom. The van der Waals surface area contributed by atoms with E-state index in [9.17, 15) is 4.79 Å². The number of rotatable bonds is 5. The van der Waals surface area contributed by atoms with E-state index in [0.29, 0.717) is 19.4 Å². The molecule has 0 bridgehead atoms. The molecule has 0 radical (unpaired) electrons. The zero-order valence-electron chi connectivity index (χ0n) is 8.17. The van der Waals surface area contributed by atoms with E-state index in [-0.39, 0.29) is 0 Å². The molecule has 0 N–H and O–H groups in total. The summed E-state index contributed by atoms with van der Waals surface area (Å²) in [5.41, 5.74) is -1.03. The lowest BCUT2D eigenvalue weighted by molar-refractivity contribution is -0.152. The van der Waals surface area contributed by atoms with Gasteiger partial charge in [0, 0.05) is 0 Å². The van der Waals surface area contributed by atoms with Crippen molar-refractivity contribution in [2.45, 2.75) is 26.7 Å². The summed E-state index contributed by atoms with van der Waals surface area (Å²) in [6.07, 6.45) is 2.37. The molecular formula is C10H15NO2. The first kappa shape index (κ1) is 11.7. The molecule has 1 unspecified atom stereocenters. The number of hydrogen-bond acceptors (Lipinski definition) is 3. The van der Waals surface area contributed by atoms with Gasteiger partial charge in [0.05, 0.1) is 12.7 Å². The standard InChI is InChI=1S/C10H15NO2/c1-4-7-10(5-2,8-11)9(12)13-6-3/h4H,1,5-7H2,2-3H3. The van der Waals surface area contributed by atoms with E-state index in [4.69, 9.17) is 10.00 Å². The SMILES string of the molecule is C=CCC(C#N)(CC)C(=O)OCC. The molecule has 0 rings (SSSR count). The van der Waals surface area contributed by atoms with E-state index in [1.807, 2.05) is 6.07 Å². The van der Waals surface area contributed by atoms with Crippen LogP contribution in [0, 0.1) is 16.7 Å². The van der Waals surface area contributed by atoms with Crippen LogP contribution in [0.15, 0.2) is 12.7 Å². The fourth-order valence-corrected chi connectivity index (χ4v) is 1.06. The second-order valence-electron chi connectivity index (χ2n) is 2.76. The van der Waals surface area contributed by atoms with Crippen LogP contribution in [0.2, 0.25) is 0 Å². The van der Waals surface area contributed by atoms with E-state index in [2.05, 4.69) is 6.58 Å². The minimum atomic E-state index is -1.03. The first-order valence-corrected chi connectivity index (χ1v) is 4.36. The van der Waals surface area contributed by atoms with Gasteiger partial charge in [0.2, 0.25) is 0 Å². The van der Waals surface area contributed by atoms with E-state index >= 15 is 0 Å². The molecule has 0 saturated carbocycles. The van der Waals surface area contributed by atoms with Crippen molar-refractivity contribution in [3.05, 3.63) is 12.7 Å². The zero-order chi connectivity index (χ0) is 10.3. The van der Waals surface area contributed by atoms with Gasteiger partial charge in [-0.3, -0.25) is 4.79 Å². The Bertz CT molecular complexity index is 230. The van der Waals surface area contributed by atoms with Gasteiger partial charge in [0.25, 0.3) is 0 Å². The van der Waals surface area contributed by atoms with Gasteiger partial charge in [-0.25, -0.2) is 0 Å². The number of esters is 1. The summed E-state index contributed by atoms with van der Waals surface area (Å²) in [7, 11) is 0. The predicted molar refractivity (Wildman–Crippen MR) is 49.8 cm³/mol. The average Bonchev–Trinajstić information content (AvgIpc) is 2.14. The average molecular weight is 181 g/mol. The Morgan fingerprint density at radius 3 is 2.62 bits per heavy atom. The highest BCUT2D eigenvalue weighted by atomic mass is 16.5. The van der Waals surface area contributed by atoms with E-state index in [0.717, 1.165) is 0 Å². The third-order valence-electron chi connectivity index (χ3n) is 1.98. The normalized spacial score (nSPS) is 13.9. The topological polar surface area (TPSA) is 50.1 Å². The van der Waals surface area contributed by atoms with Crippen molar-refractivity contribution in [3.63, 3.8) is 0 Å². The minimum Gasteiger partial charge on any atom is -0.465 e. The second kappa shape index (κ2) is 5.36. The van der Waals surface area contributed by atoms with Crippen molar-refractivity contribution in [2.24, 2.45) is 5.41 Å². The van der Waals surface area contributed by atoms with Crippen LogP contribution in [-0.4, -0.2) is 12.6 Å². The number of allylic oxidation sites excluding steroid dienone is 1. The molecule has 0 aliphatic carbocycles. The first-order chi connectivity index (χ1) is 6.16. The predicted octanol–water partition coefficient (Wildman–Crippen LogP) is 2.05. The molecule has 0 aliphatic heterocycles. The van der Waals surface area contributed by atoms with Crippen molar-refractivity contribution >= 4 is 5.97 Å². The van der Waals surface area contributed by atoms with Crippen LogP contribution in [0.3, 0.4) is 0 Å². The Balaban J connectivity index is 4.66. The highest BCUT2D eigenvalue weighted by molar-refractivity contribution is 5.80. The largest absolute Gasteiger partial charge is 0.465 e. The number of carbonyl (C=O) groups excluding carboxylic acids is 1. The Hall–Kier alpha value is -1.30. The fourth-order valence-electron chi connectivity index (χ4n) is 1.06. The maximum absolute atomic E-state index is 11.4. The van der Waals surface area contributed by atoms with Crippen LogP contribution in [-0.2, 0) is 9.53 Å². The van der Waals surface area contributed by atoms with Gasteiger partial charge < -0.3 is 4.74 Å². The molecule has 0 heterocycles. The molecule has 1 atom stereocenters. The molecule has 0 aromatic rings. The molecule has 3 heteroatoms. The fraction of sp³-hybridized carbons (Fsp3) is 0.600. The van der Waals surface area contributed by atoms with Gasteiger partial charge >= 0.3 is 5.97 Å². The van der Waals surface area contributed by atoms with Crippen LogP contribution in [0.1, 0.15) is 26.7 Å². The summed E-state index contributed by atoms with van der Waals surface area (Å²) in [6.45, 7) is 7.35. The highest BCUT2D eigenvalue weighted by Gasteiger charge is 2.37. The minimum absolute atomic E-state index is 0.305. The summed E-state index contributed by atoms with van der Waals surface area (Å²) in [5.74, 6) is -0.445. The van der Waals surface area contributed by atoms with Gasteiger partial charge in [0.1, 0.15) is 0 Å². The number of nitrogens with zero attached hydrogens (tertiary/aromatic N) is 1. The molecule has 3 nitrogen and oxygen atoms in total. The molecule has 0 aromatic carbocycles. The van der Waals surface area contributed by atoms with Crippen molar-refractivity contribution in [2.75, 3.05) is 6.61 Å². The van der Waals surface area contributed by atoms with Gasteiger partial charge in [0.15, 0.2) is 5.41 Å². The summed E-state index contributed by atoms with van der Waals surface area (Å²) >= 11 is 0. The number of ether oxygens (including phenoxy) is 1. The zero-order valence-corrected chi connectivity index (χ0v) is 8.17. The number of hydrogen-bond donors (Lipinski definition) is 0. The lowest BCUT2D eigenvalue weighted by atomic mass is 9.83. The Kier molecular flexibility index (Phi) is 4.83. The first-order valence-electron chi connectivity index (χ1n) is 4.36. The van der Waals surface area contributed by atoms with Crippen LogP contribution in [0.25, 0.3) is 0 Å². The second-order valence-corrected chi connectivity index (χ2v) is 2.76. The molecule has 0 spiro atoms. The molecule has 0 amide bonds. The van der Waals surface area contributed by atoms with Gasteiger partial charge in [-0.1, -0.05) is 13.0 Å². The highest BCUT2D eigenvalue weighted by Crippen LogP contribution is 2.27. The van der Waals surface area contributed by atoms with Gasteiger partial charge in [-0.2, -0.15) is 5.26 Å². The summed E-state index contributed by atoms with van der Waals surface area (Å²) in [4.78, 5) is 11.4. The summed E-state index contributed by atoms with van der Waals surface area (Å²) in [5, 5.41) is 8.91. The molecule has 13 heavy (non-hydrogen) atoms. The van der Waals surface area contributed by atoms with Crippen LogP contribution in [0.4, 0.5) is 0 Å². The van der Waals surface area contributed by atoms with Crippen LogP contribution >= 0.6 is 0 Å². The van der Waals surface area contributed by atoms with E-state index < -0.39 is 11.4 Å².